The van der Waals surface area contributed by atoms with Gasteiger partial charge in [0.25, 0.3) is 0 Å². The van der Waals surface area contributed by atoms with E-state index in [9.17, 15) is 15.3 Å². The fourth-order valence-electron chi connectivity index (χ4n) is 2.70. The van der Waals surface area contributed by atoms with Crippen molar-refractivity contribution in [3.8, 4) is 0 Å². The van der Waals surface area contributed by atoms with Crippen LogP contribution in [-0.4, -0.2) is 63.3 Å². The molecule has 2 saturated heterocycles. The third-order valence-corrected chi connectivity index (χ3v) is 3.54. The Balaban J connectivity index is 2.15. The van der Waals surface area contributed by atoms with E-state index in [1.165, 1.54) is 0 Å². The maximum atomic E-state index is 9.86. The summed E-state index contributed by atoms with van der Waals surface area (Å²) in [4.78, 5) is 2.03. The van der Waals surface area contributed by atoms with Gasteiger partial charge in [0.1, 0.15) is 12.2 Å². The Morgan fingerprint density at radius 2 is 1.80 bits per heavy atom. The van der Waals surface area contributed by atoms with Gasteiger partial charge in [0.2, 0.25) is 0 Å². The largest absolute Gasteiger partial charge is 0.389 e. The fourth-order valence-corrected chi connectivity index (χ4v) is 2.70. The van der Waals surface area contributed by atoms with Crippen molar-refractivity contribution in [3.05, 3.63) is 0 Å². The van der Waals surface area contributed by atoms with Gasteiger partial charge in [-0.15, -0.1) is 0 Å². The van der Waals surface area contributed by atoms with E-state index in [4.69, 9.17) is 0 Å². The van der Waals surface area contributed by atoms with Gasteiger partial charge in [0.15, 0.2) is 0 Å². The molecule has 2 aliphatic heterocycles. The highest BCUT2D eigenvalue weighted by atomic mass is 16.4. The summed E-state index contributed by atoms with van der Waals surface area (Å²) in [5, 5.41) is 32.3. The minimum Gasteiger partial charge on any atom is -0.389 e. The van der Waals surface area contributed by atoms with Crippen LogP contribution in [0.1, 0.15) is 20.3 Å². The van der Waals surface area contributed by atoms with E-state index in [0.29, 0.717) is 18.6 Å². The molecule has 0 unspecified atom stereocenters. The van der Waals surface area contributed by atoms with Crippen LogP contribution in [0.15, 0.2) is 0 Å². The maximum absolute atomic E-state index is 9.86. The monoisotopic (exact) mass is 216 g/mol. The minimum absolute atomic E-state index is 0.234. The molecule has 0 radical (unpaired) electrons. The van der Waals surface area contributed by atoms with Crippen LogP contribution in [0.4, 0.5) is 0 Å². The topological polar surface area (TPSA) is 76.0 Å². The third-order valence-electron chi connectivity index (χ3n) is 3.54. The van der Waals surface area contributed by atoms with Crippen LogP contribution in [0.3, 0.4) is 0 Å². The molecule has 0 aliphatic carbocycles. The number of aliphatic hydroxyl groups is 3. The summed E-state index contributed by atoms with van der Waals surface area (Å²) in [5.74, 6) is 0. The summed E-state index contributed by atoms with van der Waals surface area (Å²) < 4.78 is 0. The van der Waals surface area contributed by atoms with E-state index in [2.05, 4.69) is 19.2 Å². The smallest absolute Gasteiger partial charge is 0.111 e. The van der Waals surface area contributed by atoms with Gasteiger partial charge in [-0.2, -0.15) is 0 Å². The molecule has 2 heterocycles. The third kappa shape index (κ3) is 1.90. The zero-order valence-electron chi connectivity index (χ0n) is 9.17. The Bertz CT molecular complexity index is 239. The number of nitrogens with zero attached hydrogens (tertiary/aromatic N) is 1. The first-order valence-corrected chi connectivity index (χ1v) is 5.56. The quantitative estimate of drug-likeness (QED) is 0.396. The molecule has 0 amide bonds. The van der Waals surface area contributed by atoms with Crippen LogP contribution in [0.25, 0.3) is 0 Å². The Kier molecular flexibility index (Phi) is 3.00. The van der Waals surface area contributed by atoms with E-state index in [-0.39, 0.29) is 6.17 Å². The van der Waals surface area contributed by atoms with Crippen molar-refractivity contribution in [1.82, 2.24) is 10.2 Å². The van der Waals surface area contributed by atoms with Gasteiger partial charge in [-0.1, -0.05) is 0 Å². The molecular formula is C10H20N2O3. The molecule has 2 aliphatic rings. The van der Waals surface area contributed by atoms with Crippen molar-refractivity contribution in [2.75, 3.05) is 6.54 Å². The number of hydrogen-bond donors (Lipinski definition) is 4. The summed E-state index contributed by atoms with van der Waals surface area (Å²) in [5.41, 5.74) is 0. The van der Waals surface area contributed by atoms with Crippen molar-refractivity contribution >= 4 is 0 Å². The molecule has 0 aromatic carbocycles. The predicted molar refractivity (Wildman–Crippen MR) is 55.2 cm³/mol. The molecule has 2 rings (SSSR count). The van der Waals surface area contributed by atoms with Crippen molar-refractivity contribution in [1.29, 1.82) is 0 Å². The molecule has 5 nitrogen and oxygen atoms in total. The second kappa shape index (κ2) is 3.99. The van der Waals surface area contributed by atoms with Crippen molar-refractivity contribution in [3.63, 3.8) is 0 Å². The number of aliphatic hydroxyl groups excluding tert-OH is 3. The van der Waals surface area contributed by atoms with Gasteiger partial charge in [0, 0.05) is 18.6 Å². The second-order valence-corrected chi connectivity index (χ2v) is 4.84. The molecule has 5 heteroatoms. The lowest BCUT2D eigenvalue weighted by Crippen LogP contribution is -2.71. The van der Waals surface area contributed by atoms with Crippen LogP contribution in [0, 0.1) is 0 Å². The summed E-state index contributed by atoms with van der Waals surface area (Å²) >= 11 is 0. The SMILES string of the molecule is C[C@@H]1C[C@H](C)N[C@@H]2[C@H](O)[C@@H](O)[C@H](O)CN12. The molecule has 0 bridgehead atoms. The van der Waals surface area contributed by atoms with Gasteiger partial charge in [-0.25, -0.2) is 0 Å². The second-order valence-electron chi connectivity index (χ2n) is 4.84. The van der Waals surface area contributed by atoms with Gasteiger partial charge in [-0.05, 0) is 20.3 Å². The van der Waals surface area contributed by atoms with Crippen molar-refractivity contribution in [2.45, 2.75) is 56.8 Å². The molecule has 15 heavy (non-hydrogen) atoms. The molecule has 6 atom stereocenters. The highest BCUT2D eigenvalue weighted by Crippen LogP contribution is 2.25. The Morgan fingerprint density at radius 1 is 1.13 bits per heavy atom. The first-order valence-electron chi connectivity index (χ1n) is 5.56. The van der Waals surface area contributed by atoms with Gasteiger partial charge >= 0.3 is 0 Å². The molecule has 2 fully saturated rings. The molecule has 0 saturated carbocycles. The fraction of sp³-hybridized carbons (Fsp3) is 1.00. The zero-order chi connectivity index (χ0) is 11.2. The lowest BCUT2D eigenvalue weighted by Gasteiger charge is -2.51. The van der Waals surface area contributed by atoms with Crippen molar-refractivity contribution in [2.24, 2.45) is 0 Å². The van der Waals surface area contributed by atoms with E-state index in [0.717, 1.165) is 6.42 Å². The maximum Gasteiger partial charge on any atom is 0.111 e. The van der Waals surface area contributed by atoms with Gasteiger partial charge in [-0.3, -0.25) is 10.2 Å². The average molecular weight is 216 g/mol. The first kappa shape index (κ1) is 11.3. The molecule has 0 aromatic heterocycles. The van der Waals surface area contributed by atoms with E-state index < -0.39 is 18.3 Å². The first-order chi connectivity index (χ1) is 7.00. The minimum atomic E-state index is -1.05. The Morgan fingerprint density at radius 3 is 2.47 bits per heavy atom. The Labute approximate surface area is 89.7 Å². The van der Waals surface area contributed by atoms with Crippen LogP contribution in [-0.2, 0) is 0 Å². The normalized spacial score (nSPS) is 52.6. The lowest BCUT2D eigenvalue weighted by molar-refractivity contribution is -0.164. The average Bonchev–Trinajstić information content (AvgIpc) is 2.17. The number of fused-ring (bicyclic) bond motifs is 1. The predicted octanol–water partition coefficient (Wildman–Crippen LogP) is -1.52. The standard InChI is InChI=1S/C10H20N2O3/c1-5-3-6(2)12-4-7(13)8(14)9(15)10(12)11-5/h5-11,13-15H,3-4H2,1-2H3/t5-,6+,7+,8-,9+,10-/m0/s1. The number of piperidine rings is 1. The highest BCUT2D eigenvalue weighted by molar-refractivity contribution is 4.98. The summed E-state index contributed by atoms with van der Waals surface area (Å²) in [6.45, 7) is 4.57. The van der Waals surface area contributed by atoms with Crippen LogP contribution in [0.5, 0.6) is 0 Å². The number of hydrogen-bond acceptors (Lipinski definition) is 5. The molecule has 4 N–H and O–H groups in total. The van der Waals surface area contributed by atoms with E-state index in [1.807, 2.05) is 4.90 Å². The van der Waals surface area contributed by atoms with E-state index >= 15 is 0 Å². The summed E-state index contributed by atoms with van der Waals surface area (Å²) in [7, 11) is 0. The van der Waals surface area contributed by atoms with Gasteiger partial charge < -0.3 is 15.3 Å². The number of rotatable bonds is 0. The van der Waals surface area contributed by atoms with E-state index in [1.54, 1.807) is 0 Å². The summed E-state index contributed by atoms with van der Waals surface area (Å²) in [6, 6.07) is 0.654. The lowest BCUT2D eigenvalue weighted by atomic mass is 9.92. The summed E-state index contributed by atoms with van der Waals surface area (Å²) in [6.07, 6.45) is -2.06. The van der Waals surface area contributed by atoms with Crippen LogP contribution < -0.4 is 5.32 Å². The highest BCUT2D eigenvalue weighted by Gasteiger charge is 2.45. The zero-order valence-corrected chi connectivity index (χ0v) is 9.17. The van der Waals surface area contributed by atoms with Crippen LogP contribution in [0.2, 0.25) is 0 Å². The Hall–Kier alpha value is -0.200. The number of nitrogens with one attached hydrogen (secondary N) is 1. The molecule has 0 aromatic rings. The van der Waals surface area contributed by atoms with Crippen LogP contribution >= 0.6 is 0 Å². The molecule has 0 spiro atoms. The van der Waals surface area contributed by atoms with Crippen molar-refractivity contribution < 1.29 is 15.3 Å². The molecule has 88 valence electrons. The molecular weight excluding hydrogens is 196 g/mol. The van der Waals surface area contributed by atoms with Gasteiger partial charge in [0.05, 0.1) is 12.3 Å².